The molecule has 0 aromatic heterocycles. The van der Waals surface area contributed by atoms with Gasteiger partial charge >= 0.3 is 29.9 Å². The minimum absolute atomic E-state index is 0.165. The van der Waals surface area contributed by atoms with Crippen LogP contribution in [0.4, 0.5) is 48.3 Å². The lowest BCUT2D eigenvalue weighted by Crippen LogP contribution is -2.66. The fourth-order valence-electron chi connectivity index (χ4n) is 2.62. The first-order valence-electron chi connectivity index (χ1n) is 8.89. The highest BCUT2D eigenvalue weighted by Gasteiger charge is 2.86. The second-order valence-corrected chi connectivity index (χ2v) is 6.76. The van der Waals surface area contributed by atoms with E-state index in [1.165, 1.54) is 0 Å². The summed E-state index contributed by atoms with van der Waals surface area (Å²) in [6, 6.07) is 0. The van der Waals surface area contributed by atoms with E-state index < -0.39 is 49.0 Å². The average molecular weight is 454 g/mol. The van der Waals surface area contributed by atoms with E-state index in [-0.39, 0.29) is 19.4 Å². The molecule has 1 heterocycles. The van der Waals surface area contributed by atoms with E-state index >= 15 is 0 Å². The molecule has 0 saturated carbocycles. The van der Waals surface area contributed by atoms with Crippen LogP contribution in [-0.2, 0) is 9.47 Å². The number of rotatable bonds is 11. The van der Waals surface area contributed by atoms with Gasteiger partial charge < -0.3 is 9.47 Å². The maximum absolute atomic E-state index is 13.5. The molecule has 2 nitrogen and oxygen atoms in total. The first kappa shape index (κ1) is 26.2. The predicted octanol–water partition coefficient (Wildman–Crippen LogP) is 6.58. The molecule has 0 radical (unpaired) electrons. The molecular formula is C16H21F11O2. The smallest absolute Gasteiger partial charge is 0.353 e. The van der Waals surface area contributed by atoms with Crippen molar-refractivity contribution in [2.75, 3.05) is 13.2 Å². The Bertz CT molecular complexity index is 500. The third-order valence-corrected chi connectivity index (χ3v) is 4.43. The number of hydrogen-bond acceptors (Lipinski definition) is 2. The van der Waals surface area contributed by atoms with Crippen LogP contribution in [0.3, 0.4) is 0 Å². The van der Waals surface area contributed by atoms with Gasteiger partial charge in [0, 0.05) is 19.6 Å². The van der Waals surface area contributed by atoms with Crippen molar-refractivity contribution in [3.63, 3.8) is 0 Å². The summed E-state index contributed by atoms with van der Waals surface area (Å²) >= 11 is 0. The van der Waals surface area contributed by atoms with E-state index in [9.17, 15) is 48.3 Å². The highest BCUT2D eigenvalue weighted by molar-refractivity contribution is 5.06. The summed E-state index contributed by atoms with van der Waals surface area (Å²) in [5, 5.41) is 0. The first-order valence-corrected chi connectivity index (χ1v) is 8.89. The van der Waals surface area contributed by atoms with Crippen LogP contribution < -0.4 is 0 Å². The number of unbranched alkanes of at least 4 members (excludes halogenated alkanes) is 3. The fraction of sp³-hybridized carbons (Fsp3) is 1.00. The van der Waals surface area contributed by atoms with Crippen molar-refractivity contribution in [1.29, 1.82) is 0 Å². The van der Waals surface area contributed by atoms with Gasteiger partial charge in [-0.15, -0.1) is 0 Å². The van der Waals surface area contributed by atoms with Crippen molar-refractivity contribution in [3.05, 3.63) is 0 Å². The van der Waals surface area contributed by atoms with Crippen molar-refractivity contribution in [2.24, 2.45) is 0 Å². The highest BCUT2D eigenvalue weighted by Crippen LogP contribution is 2.58. The predicted molar refractivity (Wildman–Crippen MR) is 78.5 cm³/mol. The van der Waals surface area contributed by atoms with E-state index in [2.05, 4.69) is 0 Å². The zero-order chi connectivity index (χ0) is 22.6. The largest absolute Gasteiger partial charge is 0.460 e. The third kappa shape index (κ3) is 5.86. The molecule has 1 unspecified atom stereocenters. The lowest BCUT2D eigenvalue weighted by molar-refractivity contribution is -0.422. The van der Waals surface area contributed by atoms with E-state index in [0.29, 0.717) is 19.4 Å². The van der Waals surface area contributed by atoms with Crippen molar-refractivity contribution in [3.8, 4) is 0 Å². The van der Waals surface area contributed by atoms with Crippen molar-refractivity contribution in [2.45, 2.75) is 87.5 Å². The summed E-state index contributed by atoms with van der Waals surface area (Å²) in [6.07, 6.45) is -7.49. The molecular weight excluding hydrogens is 433 g/mol. The Labute approximate surface area is 159 Å². The molecule has 1 fully saturated rings. The topological polar surface area (TPSA) is 18.5 Å². The molecule has 1 aliphatic rings. The number of alkyl halides is 11. The molecule has 0 aromatic carbocycles. The molecule has 0 amide bonds. The van der Waals surface area contributed by atoms with Gasteiger partial charge in [-0.05, 0) is 32.1 Å². The van der Waals surface area contributed by atoms with Gasteiger partial charge in [-0.3, -0.25) is 0 Å². The maximum Gasteiger partial charge on any atom is 0.460 e. The number of ether oxygens (including phenoxy) is 2. The van der Waals surface area contributed by atoms with Crippen LogP contribution in [0.2, 0.25) is 0 Å². The van der Waals surface area contributed by atoms with Crippen LogP contribution >= 0.6 is 0 Å². The van der Waals surface area contributed by atoms with Gasteiger partial charge in [-0.2, -0.15) is 48.3 Å². The summed E-state index contributed by atoms with van der Waals surface area (Å²) in [4.78, 5) is 0. The standard InChI is InChI=1S/C16H21F11O2/c17-12(18,13(19,20)14(21,22)15(23,24)16(25,26)27)8-4-1-2-5-9-28-11-7-3-6-10-29-11/h11H,1-10H2. The van der Waals surface area contributed by atoms with Crippen LogP contribution in [-0.4, -0.2) is 49.4 Å². The van der Waals surface area contributed by atoms with E-state index in [1.807, 2.05) is 0 Å². The minimum Gasteiger partial charge on any atom is -0.353 e. The first-order chi connectivity index (χ1) is 13.1. The molecule has 0 bridgehead atoms. The summed E-state index contributed by atoms with van der Waals surface area (Å²) in [6.45, 7) is 0.707. The average Bonchev–Trinajstić information content (AvgIpc) is 2.60. The second kappa shape index (κ2) is 9.52. The summed E-state index contributed by atoms with van der Waals surface area (Å²) in [5.74, 6) is -27.3. The van der Waals surface area contributed by atoms with Crippen molar-refractivity contribution in [1.82, 2.24) is 0 Å². The van der Waals surface area contributed by atoms with Gasteiger partial charge in [0.05, 0.1) is 0 Å². The van der Waals surface area contributed by atoms with E-state index in [1.54, 1.807) is 0 Å². The summed E-state index contributed by atoms with van der Waals surface area (Å²) < 4.78 is 152. The zero-order valence-corrected chi connectivity index (χ0v) is 15.1. The third-order valence-electron chi connectivity index (χ3n) is 4.43. The van der Waals surface area contributed by atoms with Crippen LogP contribution in [0.1, 0.15) is 51.4 Å². The van der Waals surface area contributed by atoms with E-state index in [4.69, 9.17) is 9.47 Å². The number of hydrogen-bond donors (Lipinski definition) is 0. The molecule has 0 N–H and O–H groups in total. The van der Waals surface area contributed by atoms with Crippen LogP contribution in [0.25, 0.3) is 0 Å². The Hall–Kier alpha value is -0.850. The molecule has 13 heteroatoms. The zero-order valence-electron chi connectivity index (χ0n) is 15.1. The van der Waals surface area contributed by atoms with Crippen molar-refractivity contribution >= 4 is 0 Å². The molecule has 1 rings (SSSR count). The second-order valence-electron chi connectivity index (χ2n) is 6.76. The van der Waals surface area contributed by atoms with Crippen LogP contribution in [0, 0.1) is 0 Å². The minimum atomic E-state index is -7.33. The Balaban J connectivity index is 2.49. The lowest BCUT2D eigenvalue weighted by atomic mass is 9.94. The molecule has 0 spiro atoms. The summed E-state index contributed by atoms with van der Waals surface area (Å²) in [7, 11) is 0. The Morgan fingerprint density at radius 1 is 0.690 bits per heavy atom. The normalized spacial score (nSPS) is 20.2. The Morgan fingerprint density at radius 3 is 1.79 bits per heavy atom. The van der Waals surface area contributed by atoms with Gasteiger partial charge in [0.1, 0.15) is 0 Å². The monoisotopic (exact) mass is 454 g/mol. The maximum atomic E-state index is 13.5. The number of halogens is 11. The molecule has 1 saturated heterocycles. The Morgan fingerprint density at radius 2 is 1.28 bits per heavy atom. The molecule has 0 aromatic rings. The molecule has 29 heavy (non-hydrogen) atoms. The summed E-state index contributed by atoms with van der Waals surface area (Å²) in [5.41, 5.74) is 0. The van der Waals surface area contributed by atoms with Gasteiger partial charge in [-0.1, -0.05) is 12.8 Å². The molecule has 1 atom stereocenters. The van der Waals surface area contributed by atoms with Gasteiger partial charge in [0.2, 0.25) is 0 Å². The van der Waals surface area contributed by atoms with E-state index in [0.717, 1.165) is 12.8 Å². The molecule has 1 aliphatic heterocycles. The quantitative estimate of drug-likeness (QED) is 0.259. The molecule has 0 aliphatic carbocycles. The van der Waals surface area contributed by atoms with Gasteiger partial charge in [-0.25, -0.2) is 0 Å². The molecule has 174 valence electrons. The Kier molecular flexibility index (Phi) is 8.60. The van der Waals surface area contributed by atoms with Crippen molar-refractivity contribution < 1.29 is 57.8 Å². The SMILES string of the molecule is FC(F)(F)C(F)(F)C(F)(F)C(F)(F)C(F)(F)CCCCCCOC1CCCCO1. The van der Waals surface area contributed by atoms with Gasteiger partial charge in [0.25, 0.3) is 0 Å². The highest BCUT2D eigenvalue weighted by atomic mass is 19.4. The van der Waals surface area contributed by atoms with Gasteiger partial charge in [0.15, 0.2) is 6.29 Å². The fourth-order valence-corrected chi connectivity index (χ4v) is 2.62. The van der Waals surface area contributed by atoms with Crippen LogP contribution in [0.5, 0.6) is 0 Å². The van der Waals surface area contributed by atoms with Crippen LogP contribution in [0.15, 0.2) is 0 Å². The lowest BCUT2D eigenvalue weighted by Gasteiger charge is -2.37.